The van der Waals surface area contributed by atoms with Crippen molar-refractivity contribution in [1.82, 2.24) is 5.32 Å². The van der Waals surface area contributed by atoms with Gasteiger partial charge in [-0.1, -0.05) is 24.3 Å². The Morgan fingerprint density at radius 2 is 2.10 bits per heavy atom. The quantitative estimate of drug-likeness (QED) is 0.678. The van der Waals surface area contributed by atoms with Crippen molar-refractivity contribution < 1.29 is 9.31 Å². The number of nitrogens with one attached hydrogen (secondary N) is 1. The standard InChI is InChI=1S/C16H15FN2O2/c17-14-5-6-16(19(20)21)13(8-14)10-18-9-12-7-11-3-1-2-4-15(11)12/h1-6,8,12,18H,7,9-10H2. The average molecular weight is 286 g/mol. The lowest BCUT2D eigenvalue weighted by atomic mass is 9.77. The molecule has 108 valence electrons. The highest BCUT2D eigenvalue weighted by Crippen LogP contribution is 2.34. The first-order valence-electron chi connectivity index (χ1n) is 6.86. The maximum absolute atomic E-state index is 13.2. The van der Waals surface area contributed by atoms with E-state index in [1.807, 2.05) is 12.1 Å². The Bertz CT molecular complexity index is 688. The molecule has 5 heteroatoms. The van der Waals surface area contributed by atoms with Crippen LogP contribution < -0.4 is 5.32 Å². The monoisotopic (exact) mass is 286 g/mol. The first-order valence-corrected chi connectivity index (χ1v) is 6.86. The summed E-state index contributed by atoms with van der Waals surface area (Å²) in [5, 5.41) is 14.1. The number of hydrogen-bond acceptors (Lipinski definition) is 3. The van der Waals surface area contributed by atoms with Gasteiger partial charge < -0.3 is 5.32 Å². The van der Waals surface area contributed by atoms with Crippen LogP contribution >= 0.6 is 0 Å². The highest BCUT2D eigenvalue weighted by Gasteiger charge is 2.25. The first-order chi connectivity index (χ1) is 10.1. The third-order valence-electron chi connectivity index (χ3n) is 3.91. The summed E-state index contributed by atoms with van der Waals surface area (Å²) in [6, 6.07) is 11.8. The molecular weight excluding hydrogens is 271 g/mol. The Hall–Kier alpha value is -2.27. The highest BCUT2D eigenvalue weighted by atomic mass is 19.1. The number of fused-ring (bicyclic) bond motifs is 1. The predicted molar refractivity (Wildman–Crippen MR) is 77.6 cm³/mol. The van der Waals surface area contributed by atoms with Gasteiger partial charge in [0.2, 0.25) is 0 Å². The summed E-state index contributed by atoms with van der Waals surface area (Å²) in [6.07, 6.45) is 1.02. The van der Waals surface area contributed by atoms with Crippen molar-refractivity contribution in [2.45, 2.75) is 18.9 Å². The van der Waals surface area contributed by atoms with E-state index >= 15 is 0 Å². The molecule has 3 rings (SSSR count). The van der Waals surface area contributed by atoms with Gasteiger partial charge in [0, 0.05) is 30.6 Å². The lowest BCUT2D eigenvalue weighted by Gasteiger charge is -2.30. The third kappa shape index (κ3) is 2.78. The van der Waals surface area contributed by atoms with Crippen molar-refractivity contribution in [1.29, 1.82) is 0 Å². The second kappa shape index (κ2) is 5.61. The van der Waals surface area contributed by atoms with Gasteiger partial charge in [-0.3, -0.25) is 10.1 Å². The van der Waals surface area contributed by atoms with E-state index in [4.69, 9.17) is 0 Å². The second-order valence-corrected chi connectivity index (χ2v) is 5.26. The number of benzene rings is 2. The topological polar surface area (TPSA) is 55.2 Å². The molecular formula is C16H15FN2O2. The van der Waals surface area contributed by atoms with E-state index in [-0.39, 0.29) is 5.69 Å². The highest BCUT2D eigenvalue weighted by molar-refractivity contribution is 5.41. The molecule has 0 heterocycles. The fourth-order valence-corrected chi connectivity index (χ4v) is 2.80. The van der Waals surface area contributed by atoms with E-state index in [0.717, 1.165) is 19.0 Å². The number of rotatable bonds is 5. The molecule has 0 amide bonds. The molecule has 0 fully saturated rings. The van der Waals surface area contributed by atoms with Crippen LogP contribution in [0.25, 0.3) is 0 Å². The molecule has 1 N–H and O–H groups in total. The first kappa shape index (κ1) is 13.7. The molecule has 2 aromatic rings. The van der Waals surface area contributed by atoms with Crippen LogP contribution in [-0.2, 0) is 13.0 Å². The van der Waals surface area contributed by atoms with E-state index in [1.54, 1.807) is 0 Å². The molecule has 1 atom stereocenters. The van der Waals surface area contributed by atoms with Gasteiger partial charge in [0.1, 0.15) is 5.82 Å². The minimum absolute atomic E-state index is 0.0436. The van der Waals surface area contributed by atoms with Crippen LogP contribution in [0.5, 0.6) is 0 Å². The van der Waals surface area contributed by atoms with Crippen LogP contribution in [-0.4, -0.2) is 11.5 Å². The third-order valence-corrected chi connectivity index (χ3v) is 3.91. The van der Waals surface area contributed by atoms with E-state index in [0.29, 0.717) is 18.0 Å². The van der Waals surface area contributed by atoms with E-state index < -0.39 is 10.7 Å². The van der Waals surface area contributed by atoms with Crippen molar-refractivity contribution in [2.75, 3.05) is 6.54 Å². The smallest absolute Gasteiger partial charge is 0.274 e. The van der Waals surface area contributed by atoms with Gasteiger partial charge in [-0.15, -0.1) is 0 Å². The van der Waals surface area contributed by atoms with Gasteiger partial charge >= 0.3 is 0 Å². The van der Waals surface area contributed by atoms with Crippen LogP contribution in [0.15, 0.2) is 42.5 Å². The molecule has 4 nitrogen and oxygen atoms in total. The normalized spacial score (nSPS) is 16.1. The van der Waals surface area contributed by atoms with Crippen molar-refractivity contribution in [3.05, 3.63) is 75.1 Å². The molecule has 0 aromatic heterocycles. The fourth-order valence-electron chi connectivity index (χ4n) is 2.80. The predicted octanol–water partition coefficient (Wildman–Crippen LogP) is 3.16. The molecule has 1 unspecified atom stereocenters. The minimum Gasteiger partial charge on any atom is -0.312 e. The Morgan fingerprint density at radius 1 is 1.29 bits per heavy atom. The lowest BCUT2D eigenvalue weighted by molar-refractivity contribution is -0.385. The summed E-state index contributed by atoms with van der Waals surface area (Å²) >= 11 is 0. The second-order valence-electron chi connectivity index (χ2n) is 5.26. The lowest BCUT2D eigenvalue weighted by Crippen LogP contribution is -2.29. The van der Waals surface area contributed by atoms with E-state index in [1.165, 1.54) is 23.3 Å². The van der Waals surface area contributed by atoms with Gasteiger partial charge in [0.05, 0.1) is 4.92 Å². The summed E-state index contributed by atoms with van der Waals surface area (Å²) in [4.78, 5) is 10.4. The van der Waals surface area contributed by atoms with Crippen molar-refractivity contribution in [3.8, 4) is 0 Å². The number of halogens is 1. The average Bonchev–Trinajstić information content (AvgIpc) is 2.43. The van der Waals surface area contributed by atoms with Crippen LogP contribution in [0, 0.1) is 15.9 Å². The molecule has 0 radical (unpaired) electrons. The molecule has 0 saturated carbocycles. The largest absolute Gasteiger partial charge is 0.312 e. The zero-order valence-corrected chi connectivity index (χ0v) is 11.4. The summed E-state index contributed by atoms with van der Waals surface area (Å²) in [5.74, 6) is -0.0137. The van der Waals surface area contributed by atoms with E-state index in [9.17, 15) is 14.5 Å². The molecule has 1 aliphatic rings. The molecule has 21 heavy (non-hydrogen) atoms. The van der Waals surface area contributed by atoms with Crippen molar-refractivity contribution in [2.24, 2.45) is 0 Å². The molecule has 0 aliphatic heterocycles. The molecule has 2 aromatic carbocycles. The van der Waals surface area contributed by atoms with Gasteiger partial charge in [-0.25, -0.2) is 4.39 Å². The minimum atomic E-state index is -0.477. The Labute approximate surface area is 121 Å². The van der Waals surface area contributed by atoms with Gasteiger partial charge in [0.25, 0.3) is 5.69 Å². The van der Waals surface area contributed by atoms with Crippen LogP contribution in [0.3, 0.4) is 0 Å². The SMILES string of the molecule is O=[N+]([O-])c1ccc(F)cc1CNCC1Cc2ccccc21. The van der Waals surface area contributed by atoms with E-state index in [2.05, 4.69) is 17.4 Å². The zero-order valence-electron chi connectivity index (χ0n) is 11.4. The summed E-state index contributed by atoms with van der Waals surface area (Å²) in [7, 11) is 0. The number of hydrogen-bond donors (Lipinski definition) is 1. The molecule has 0 bridgehead atoms. The molecule has 0 spiro atoms. The van der Waals surface area contributed by atoms with Crippen molar-refractivity contribution in [3.63, 3.8) is 0 Å². The number of nitro groups is 1. The Balaban J connectivity index is 1.62. The van der Waals surface area contributed by atoms with Crippen LogP contribution in [0.1, 0.15) is 22.6 Å². The van der Waals surface area contributed by atoms with Crippen LogP contribution in [0.2, 0.25) is 0 Å². The van der Waals surface area contributed by atoms with Crippen LogP contribution in [0.4, 0.5) is 10.1 Å². The number of nitro benzene ring substituents is 1. The van der Waals surface area contributed by atoms with Gasteiger partial charge in [0.15, 0.2) is 0 Å². The summed E-state index contributed by atoms with van der Waals surface area (Å²) in [5.41, 5.74) is 3.03. The Kier molecular flexibility index (Phi) is 3.66. The zero-order chi connectivity index (χ0) is 14.8. The van der Waals surface area contributed by atoms with Gasteiger partial charge in [-0.05, 0) is 29.7 Å². The molecule has 1 aliphatic carbocycles. The summed E-state index contributed by atoms with van der Waals surface area (Å²) < 4.78 is 13.2. The fraction of sp³-hybridized carbons (Fsp3) is 0.250. The van der Waals surface area contributed by atoms with Gasteiger partial charge in [-0.2, -0.15) is 0 Å². The maximum atomic E-state index is 13.2. The maximum Gasteiger partial charge on any atom is 0.274 e. The Morgan fingerprint density at radius 3 is 2.86 bits per heavy atom. The summed E-state index contributed by atoms with van der Waals surface area (Å²) in [6.45, 7) is 1.04. The van der Waals surface area contributed by atoms with Crippen molar-refractivity contribution >= 4 is 5.69 Å². The number of nitrogens with zero attached hydrogens (tertiary/aromatic N) is 1. The molecule has 0 saturated heterocycles.